The summed E-state index contributed by atoms with van der Waals surface area (Å²) in [7, 11) is 3.25. The number of rotatable bonds is 23. The van der Waals surface area contributed by atoms with Crippen molar-refractivity contribution >= 4 is 35.4 Å². The quantitative estimate of drug-likeness (QED) is 0.0534. The van der Waals surface area contributed by atoms with Gasteiger partial charge >= 0.3 is 0 Å². The molecule has 0 radical (unpaired) electrons. The van der Waals surface area contributed by atoms with Crippen molar-refractivity contribution in [2.75, 3.05) is 59.9 Å². The first-order valence-corrected chi connectivity index (χ1v) is 31.5. The molecule has 2 saturated carbocycles. The largest absolute Gasteiger partial charge is 0.343 e. The second kappa shape index (κ2) is 33.5. The molecular weight excluding hydrogens is 1100 g/mol. The monoisotopic (exact) mass is 1190 g/mol. The van der Waals surface area contributed by atoms with E-state index in [1.165, 1.54) is 26.0 Å². The standard InChI is InChI=1S/C63H80F4N8O6.C3H8.C2H6/c1-43(69-3)57(77)71-56(49-22-14-7-15-23-49)61(81)75-42-63(66,67)37-53(75)40-73(35-33-45-18-10-5-11-19-45)59(79)51-30-26-47(27-31-51)46-24-28-50(29-25-46)58(78)72(34-32-44-16-8-4-9-17-44)39-52-36-62(64,65)41-74(52)60(80)55(70-54(76)38-68-2)48-20-12-6-13-21-48;1-3-2;1-2/h4-5,8-11,16-19,24-31,43,48-49,52-53,55-56,68-69H,6-7,12-15,20-23,32-42H2,1-3H3,(H,70,76)(H,71,77);3H2,1-2H3;1-2H3/t43-,52?,53?,55?,56?;;/m0../s1. The first kappa shape index (κ1) is 68.5. The van der Waals surface area contributed by atoms with Crippen LogP contribution in [0.2, 0.25) is 0 Å². The summed E-state index contributed by atoms with van der Waals surface area (Å²) in [5, 5.41) is 11.5. The predicted octanol–water partition coefficient (Wildman–Crippen LogP) is 10.6. The van der Waals surface area contributed by atoms with Crippen molar-refractivity contribution in [3.8, 4) is 11.1 Å². The maximum atomic E-state index is 15.6. The molecule has 2 aliphatic carbocycles. The van der Waals surface area contributed by atoms with E-state index in [4.69, 9.17) is 0 Å². The minimum atomic E-state index is -3.21. The van der Waals surface area contributed by atoms with Gasteiger partial charge in [-0.15, -0.1) is 0 Å². The van der Waals surface area contributed by atoms with E-state index >= 15 is 17.6 Å². The summed E-state index contributed by atoms with van der Waals surface area (Å²) in [6, 6.07) is 28.2. The van der Waals surface area contributed by atoms with Crippen molar-refractivity contribution in [3.63, 3.8) is 0 Å². The Hall–Kier alpha value is -6.66. The van der Waals surface area contributed by atoms with E-state index in [-0.39, 0.29) is 50.5 Å². The van der Waals surface area contributed by atoms with Gasteiger partial charge in [-0.25, -0.2) is 17.6 Å². The van der Waals surface area contributed by atoms with Gasteiger partial charge in [-0.05, 0) is 118 Å². The summed E-state index contributed by atoms with van der Waals surface area (Å²) in [6.45, 7) is 8.33. The molecule has 18 heteroatoms. The first-order chi connectivity index (χ1) is 41.3. The van der Waals surface area contributed by atoms with Crippen LogP contribution in [-0.4, -0.2) is 157 Å². The van der Waals surface area contributed by atoms with Crippen LogP contribution in [0.25, 0.3) is 11.1 Å². The van der Waals surface area contributed by atoms with Crippen LogP contribution in [0.1, 0.15) is 150 Å². The Morgan fingerprint density at radius 3 is 1.29 bits per heavy atom. The number of amides is 6. The zero-order valence-corrected chi connectivity index (χ0v) is 51.7. The van der Waals surface area contributed by atoms with Crippen LogP contribution in [0.15, 0.2) is 109 Å². The third kappa shape index (κ3) is 19.4. The van der Waals surface area contributed by atoms with Crippen molar-refractivity contribution in [3.05, 3.63) is 131 Å². The number of carbonyl (C=O) groups is 6. The number of carbonyl (C=O) groups excluding carboxylic acids is 6. The summed E-state index contributed by atoms with van der Waals surface area (Å²) in [5.74, 6) is -9.53. The third-order valence-electron chi connectivity index (χ3n) is 16.9. The van der Waals surface area contributed by atoms with E-state index in [1.807, 2.05) is 74.5 Å². The maximum Gasteiger partial charge on any atom is 0.267 e. The molecule has 86 heavy (non-hydrogen) atoms. The van der Waals surface area contributed by atoms with E-state index in [0.29, 0.717) is 49.7 Å². The van der Waals surface area contributed by atoms with Gasteiger partial charge in [-0.2, -0.15) is 0 Å². The highest BCUT2D eigenvalue weighted by Gasteiger charge is 2.52. The Balaban J connectivity index is 0.00000229. The lowest BCUT2D eigenvalue weighted by atomic mass is 9.83. The molecule has 4 unspecified atom stereocenters. The Morgan fingerprint density at radius 1 is 0.558 bits per heavy atom. The number of likely N-dealkylation sites (tertiary alicyclic amines) is 2. The normalized spacial score (nSPS) is 19.3. The molecule has 2 aliphatic heterocycles. The van der Waals surface area contributed by atoms with Gasteiger partial charge in [-0.1, -0.05) is 158 Å². The highest BCUT2D eigenvalue weighted by Crippen LogP contribution is 2.38. The number of likely N-dealkylation sites (N-methyl/N-ethyl adjacent to an activating group) is 2. The number of benzene rings is 4. The van der Waals surface area contributed by atoms with Crippen LogP contribution in [0.4, 0.5) is 17.6 Å². The molecule has 0 spiro atoms. The molecule has 14 nitrogen and oxygen atoms in total. The second-order valence-electron chi connectivity index (χ2n) is 23.6. The molecule has 5 atom stereocenters. The van der Waals surface area contributed by atoms with Gasteiger partial charge in [0.1, 0.15) is 12.1 Å². The SMILES string of the molecule is CC.CCC.CNCC(=O)NC(C(=O)N1CC(F)(F)CC1CN(CCc1ccccc1)C(=O)c1ccc(-c2ccc(C(=O)N(CCc3ccccc3)CC3CC(F)(F)CN3C(=O)C(NC(=O)[C@H](C)NC)C3CCCCC3)cc2)cc1)C1CCCCC1. The zero-order chi connectivity index (χ0) is 62.4. The van der Waals surface area contributed by atoms with E-state index in [9.17, 15) is 28.8 Å². The zero-order valence-electron chi connectivity index (χ0n) is 51.7. The van der Waals surface area contributed by atoms with Crippen LogP contribution in [0.5, 0.6) is 0 Å². The average molecular weight is 1200 g/mol. The van der Waals surface area contributed by atoms with Crippen LogP contribution in [0.3, 0.4) is 0 Å². The lowest BCUT2D eigenvalue weighted by molar-refractivity contribution is -0.140. The van der Waals surface area contributed by atoms with Crippen molar-refractivity contribution in [2.45, 2.75) is 173 Å². The summed E-state index contributed by atoms with van der Waals surface area (Å²) in [6.07, 6.45) is 9.07. The van der Waals surface area contributed by atoms with E-state index in [1.54, 1.807) is 69.6 Å². The minimum Gasteiger partial charge on any atom is -0.343 e. The number of nitrogens with zero attached hydrogens (tertiary/aromatic N) is 4. The lowest BCUT2D eigenvalue weighted by Crippen LogP contribution is -2.57. The molecule has 6 amide bonds. The average Bonchev–Trinajstić information content (AvgIpc) is 3.00. The highest BCUT2D eigenvalue weighted by atomic mass is 19.3. The molecule has 4 aromatic carbocycles. The molecule has 4 N–H and O–H groups in total. The van der Waals surface area contributed by atoms with E-state index in [0.717, 1.165) is 60.8 Å². The number of nitrogens with one attached hydrogen (secondary N) is 4. The molecular formula is C68H94F4N8O6. The van der Waals surface area contributed by atoms with E-state index < -0.39 is 97.5 Å². The van der Waals surface area contributed by atoms with Crippen molar-refractivity contribution in [2.24, 2.45) is 11.8 Å². The summed E-state index contributed by atoms with van der Waals surface area (Å²) in [4.78, 5) is 89.8. The Morgan fingerprint density at radius 2 is 0.930 bits per heavy atom. The fourth-order valence-corrected chi connectivity index (χ4v) is 12.3. The molecule has 0 aromatic heterocycles. The Kier molecular flexibility index (Phi) is 26.6. The molecule has 2 saturated heterocycles. The molecule has 4 fully saturated rings. The van der Waals surface area contributed by atoms with Gasteiger partial charge in [-0.3, -0.25) is 28.8 Å². The smallest absolute Gasteiger partial charge is 0.267 e. The molecule has 8 rings (SSSR count). The molecule has 2 heterocycles. The van der Waals surface area contributed by atoms with Gasteiger partial charge < -0.3 is 40.9 Å². The maximum absolute atomic E-state index is 15.6. The fraction of sp³-hybridized carbons (Fsp3) is 0.559. The van der Waals surface area contributed by atoms with Gasteiger partial charge in [0.2, 0.25) is 23.6 Å². The van der Waals surface area contributed by atoms with Crippen LogP contribution >= 0.6 is 0 Å². The second-order valence-corrected chi connectivity index (χ2v) is 23.6. The first-order valence-electron chi connectivity index (χ1n) is 31.5. The van der Waals surface area contributed by atoms with Gasteiger partial charge in [0.05, 0.1) is 37.8 Å². The molecule has 0 bridgehead atoms. The topological polar surface area (TPSA) is 163 Å². The Bertz CT molecular complexity index is 2760. The summed E-state index contributed by atoms with van der Waals surface area (Å²) >= 11 is 0. The third-order valence-corrected chi connectivity index (χ3v) is 16.9. The number of hydrogen-bond acceptors (Lipinski definition) is 8. The van der Waals surface area contributed by atoms with Gasteiger partial charge in [0.25, 0.3) is 23.7 Å². The fourth-order valence-electron chi connectivity index (χ4n) is 12.3. The van der Waals surface area contributed by atoms with E-state index in [2.05, 4.69) is 35.1 Å². The van der Waals surface area contributed by atoms with Crippen molar-refractivity contribution < 1.29 is 46.3 Å². The highest BCUT2D eigenvalue weighted by molar-refractivity contribution is 5.96. The number of hydrogen-bond donors (Lipinski definition) is 4. The van der Waals surface area contributed by atoms with Gasteiger partial charge in [0.15, 0.2) is 0 Å². The van der Waals surface area contributed by atoms with Crippen LogP contribution in [-0.2, 0) is 32.0 Å². The van der Waals surface area contributed by atoms with Crippen LogP contribution in [0, 0.1) is 11.8 Å². The number of alkyl halides is 4. The Labute approximate surface area is 508 Å². The number of halogens is 4. The summed E-state index contributed by atoms with van der Waals surface area (Å²) < 4.78 is 62.3. The minimum absolute atomic E-state index is 0.0305. The molecule has 4 aliphatic rings. The summed E-state index contributed by atoms with van der Waals surface area (Å²) in [5.41, 5.74) is 3.93. The predicted molar refractivity (Wildman–Crippen MR) is 331 cm³/mol. The lowest BCUT2D eigenvalue weighted by Gasteiger charge is -2.36. The molecule has 470 valence electrons. The van der Waals surface area contributed by atoms with Gasteiger partial charge in [0, 0.05) is 50.1 Å². The van der Waals surface area contributed by atoms with Crippen molar-refractivity contribution in [1.29, 1.82) is 0 Å². The van der Waals surface area contributed by atoms with Crippen molar-refractivity contribution in [1.82, 2.24) is 40.9 Å². The van der Waals surface area contributed by atoms with Crippen LogP contribution < -0.4 is 21.3 Å². The molecule has 4 aromatic rings.